The van der Waals surface area contributed by atoms with Gasteiger partial charge in [0.05, 0.1) is 12.0 Å². The first-order valence-corrected chi connectivity index (χ1v) is 7.90. The standard InChI is InChI=1S/C14H22BrN3O/c1-11-13(15)14(19)18(10-17-11)8-7-16-9-12-5-3-2-4-6-12/h10,12,16H,2-9H2,1H3. The molecule has 106 valence electrons. The lowest BCUT2D eigenvalue weighted by Crippen LogP contribution is -2.31. The van der Waals surface area contributed by atoms with E-state index in [0.29, 0.717) is 11.0 Å². The molecule has 19 heavy (non-hydrogen) atoms. The molecule has 0 spiro atoms. The average molecular weight is 328 g/mol. The Morgan fingerprint density at radius 1 is 1.42 bits per heavy atom. The first-order chi connectivity index (χ1) is 9.18. The Bertz CT molecular complexity index is 466. The fourth-order valence-electron chi connectivity index (χ4n) is 2.60. The highest BCUT2D eigenvalue weighted by Crippen LogP contribution is 2.22. The van der Waals surface area contributed by atoms with Gasteiger partial charge in [-0.05, 0) is 48.2 Å². The quantitative estimate of drug-likeness (QED) is 0.845. The highest BCUT2D eigenvalue weighted by atomic mass is 79.9. The summed E-state index contributed by atoms with van der Waals surface area (Å²) in [5, 5.41) is 3.46. The first-order valence-electron chi connectivity index (χ1n) is 7.10. The molecule has 1 fully saturated rings. The second-order valence-electron chi connectivity index (χ2n) is 5.35. The average Bonchev–Trinajstić information content (AvgIpc) is 2.44. The predicted octanol–water partition coefficient (Wildman–Crippen LogP) is 2.48. The summed E-state index contributed by atoms with van der Waals surface area (Å²) in [6.07, 6.45) is 8.48. The molecule has 5 heteroatoms. The molecule has 1 aliphatic rings. The van der Waals surface area contributed by atoms with Crippen molar-refractivity contribution in [3.8, 4) is 0 Å². The Morgan fingerprint density at radius 3 is 2.89 bits per heavy atom. The van der Waals surface area contributed by atoms with Gasteiger partial charge in [-0.15, -0.1) is 0 Å². The zero-order valence-electron chi connectivity index (χ0n) is 11.5. The summed E-state index contributed by atoms with van der Waals surface area (Å²) in [5.41, 5.74) is 0.753. The Labute approximate surface area is 122 Å². The largest absolute Gasteiger partial charge is 0.315 e. The van der Waals surface area contributed by atoms with Gasteiger partial charge in [0.15, 0.2) is 0 Å². The predicted molar refractivity (Wildman–Crippen MR) is 80.4 cm³/mol. The van der Waals surface area contributed by atoms with Gasteiger partial charge in [0.1, 0.15) is 4.47 Å². The number of halogens is 1. The summed E-state index contributed by atoms with van der Waals surface area (Å²) in [5.74, 6) is 0.827. The highest BCUT2D eigenvalue weighted by Gasteiger charge is 2.12. The molecule has 0 atom stereocenters. The van der Waals surface area contributed by atoms with E-state index in [1.165, 1.54) is 32.1 Å². The van der Waals surface area contributed by atoms with Gasteiger partial charge in [-0.2, -0.15) is 0 Å². The van der Waals surface area contributed by atoms with Crippen LogP contribution in [0, 0.1) is 12.8 Å². The maximum absolute atomic E-state index is 11.9. The van der Waals surface area contributed by atoms with Crippen LogP contribution in [-0.4, -0.2) is 22.6 Å². The van der Waals surface area contributed by atoms with Crippen LogP contribution in [0.4, 0.5) is 0 Å². The molecule has 0 unspecified atom stereocenters. The maximum atomic E-state index is 11.9. The second kappa shape index (κ2) is 7.20. The number of rotatable bonds is 5. The number of hydrogen-bond acceptors (Lipinski definition) is 3. The molecule has 1 aliphatic carbocycles. The summed E-state index contributed by atoms with van der Waals surface area (Å²) in [6.45, 7) is 4.41. The smallest absolute Gasteiger partial charge is 0.267 e. The van der Waals surface area contributed by atoms with Crippen molar-refractivity contribution < 1.29 is 0 Å². The molecule has 1 N–H and O–H groups in total. The van der Waals surface area contributed by atoms with E-state index >= 15 is 0 Å². The van der Waals surface area contributed by atoms with Crippen LogP contribution in [0.5, 0.6) is 0 Å². The van der Waals surface area contributed by atoms with Crippen LogP contribution in [0.25, 0.3) is 0 Å². The van der Waals surface area contributed by atoms with E-state index in [1.807, 2.05) is 6.92 Å². The molecule has 4 nitrogen and oxygen atoms in total. The Balaban J connectivity index is 1.76. The minimum absolute atomic E-state index is 0.00645. The van der Waals surface area contributed by atoms with E-state index in [-0.39, 0.29) is 5.56 Å². The topological polar surface area (TPSA) is 46.9 Å². The van der Waals surface area contributed by atoms with Gasteiger partial charge in [-0.25, -0.2) is 4.98 Å². The maximum Gasteiger partial charge on any atom is 0.267 e. The van der Waals surface area contributed by atoms with Crippen molar-refractivity contribution in [3.05, 3.63) is 26.8 Å². The van der Waals surface area contributed by atoms with Gasteiger partial charge >= 0.3 is 0 Å². The van der Waals surface area contributed by atoms with Crippen LogP contribution < -0.4 is 10.9 Å². The molecule has 0 aliphatic heterocycles. The molecule has 1 aromatic rings. The molecule has 0 radical (unpaired) electrons. The summed E-state index contributed by atoms with van der Waals surface area (Å²) >= 11 is 3.29. The van der Waals surface area contributed by atoms with Gasteiger partial charge in [0.2, 0.25) is 0 Å². The van der Waals surface area contributed by atoms with Gasteiger partial charge < -0.3 is 5.32 Å². The van der Waals surface area contributed by atoms with Crippen LogP contribution in [0.1, 0.15) is 37.8 Å². The van der Waals surface area contributed by atoms with Crippen molar-refractivity contribution in [3.63, 3.8) is 0 Å². The van der Waals surface area contributed by atoms with Crippen molar-refractivity contribution in [2.24, 2.45) is 5.92 Å². The summed E-state index contributed by atoms with van der Waals surface area (Å²) in [4.78, 5) is 16.1. The SMILES string of the molecule is Cc1ncn(CCNCC2CCCCC2)c(=O)c1Br. The zero-order valence-corrected chi connectivity index (χ0v) is 13.1. The minimum atomic E-state index is 0.00645. The zero-order chi connectivity index (χ0) is 13.7. The molecule has 0 amide bonds. The van der Waals surface area contributed by atoms with Gasteiger partial charge in [-0.3, -0.25) is 9.36 Å². The van der Waals surface area contributed by atoms with Crippen LogP contribution in [0.2, 0.25) is 0 Å². The summed E-state index contributed by atoms with van der Waals surface area (Å²) in [6, 6.07) is 0. The summed E-state index contributed by atoms with van der Waals surface area (Å²) < 4.78 is 2.23. The minimum Gasteiger partial charge on any atom is -0.315 e. The third-order valence-electron chi connectivity index (χ3n) is 3.84. The van der Waals surface area contributed by atoms with Crippen molar-refractivity contribution >= 4 is 15.9 Å². The normalized spacial score (nSPS) is 16.7. The third kappa shape index (κ3) is 4.14. The fraction of sp³-hybridized carbons (Fsp3) is 0.714. The van der Waals surface area contributed by atoms with Crippen LogP contribution >= 0.6 is 15.9 Å². The lowest BCUT2D eigenvalue weighted by Gasteiger charge is -2.21. The van der Waals surface area contributed by atoms with E-state index < -0.39 is 0 Å². The number of nitrogens with one attached hydrogen (secondary N) is 1. The van der Waals surface area contributed by atoms with Crippen LogP contribution in [-0.2, 0) is 6.54 Å². The lowest BCUT2D eigenvalue weighted by atomic mass is 9.89. The molecule has 0 aromatic carbocycles. The van der Waals surface area contributed by atoms with E-state index in [4.69, 9.17) is 0 Å². The highest BCUT2D eigenvalue weighted by molar-refractivity contribution is 9.10. The first kappa shape index (κ1) is 14.7. The molecule has 2 rings (SSSR count). The van der Waals surface area contributed by atoms with Crippen molar-refractivity contribution in [2.45, 2.75) is 45.6 Å². The Kier molecular flexibility index (Phi) is 5.58. The number of nitrogens with zero attached hydrogens (tertiary/aromatic N) is 2. The van der Waals surface area contributed by atoms with E-state index in [9.17, 15) is 4.79 Å². The van der Waals surface area contributed by atoms with Crippen molar-refractivity contribution in [1.82, 2.24) is 14.9 Å². The van der Waals surface area contributed by atoms with Gasteiger partial charge in [0, 0.05) is 13.1 Å². The molecule has 0 bridgehead atoms. The van der Waals surface area contributed by atoms with E-state index in [1.54, 1.807) is 10.9 Å². The Morgan fingerprint density at radius 2 is 2.16 bits per heavy atom. The van der Waals surface area contributed by atoms with Crippen molar-refractivity contribution in [1.29, 1.82) is 0 Å². The van der Waals surface area contributed by atoms with E-state index in [2.05, 4.69) is 26.2 Å². The number of hydrogen-bond donors (Lipinski definition) is 1. The fourth-order valence-corrected chi connectivity index (χ4v) is 2.93. The molecule has 1 aromatic heterocycles. The third-order valence-corrected chi connectivity index (χ3v) is 4.76. The van der Waals surface area contributed by atoms with Crippen LogP contribution in [0.15, 0.2) is 15.6 Å². The number of aromatic nitrogens is 2. The molecular formula is C14H22BrN3O. The molecule has 0 saturated heterocycles. The molecule has 1 saturated carbocycles. The second-order valence-corrected chi connectivity index (χ2v) is 6.14. The molecular weight excluding hydrogens is 306 g/mol. The lowest BCUT2D eigenvalue weighted by molar-refractivity contribution is 0.340. The number of aryl methyl sites for hydroxylation is 1. The van der Waals surface area contributed by atoms with Gasteiger partial charge in [0.25, 0.3) is 5.56 Å². The van der Waals surface area contributed by atoms with Crippen LogP contribution in [0.3, 0.4) is 0 Å². The monoisotopic (exact) mass is 327 g/mol. The Hall–Kier alpha value is -0.680. The van der Waals surface area contributed by atoms with E-state index in [0.717, 1.165) is 24.7 Å². The van der Waals surface area contributed by atoms with Crippen molar-refractivity contribution in [2.75, 3.05) is 13.1 Å². The summed E-state index contributed by atoms with van der Waals surface area (Å²) in [7, 11) is 0. The van der Waals surface area contributed by atoms with Gasteiger partial charge in [-0.1, -0.05) is 19.3 Å². The molecule has 1 heterocycles.